The first kappa shape index (κ1) is 11.4. The van der Waals surface area contributed by atoms with Crippen LogP contribution in [0.25, 0.3) is 0 Å². The molecule has 1 aliphatic rings. The molecule has 0 saturated heterocycles. The van der Waals surface area contributed by atoms with Gasteiger partial charge in [-0.1, -0.05) is 12.1 Å². The van der Waals surface area contributed by atoms with Crippen LogP contribution in [-0.2, 0) is 0 Å². The van der Waals surface area contributed by atoms with Crippen LogP contribution < -0.4 is 4.74 Å². The van der Waals surface area contributed by atoms with E-state index in [-0.39, 0.29) is 11.9 Å². The topological polar surface area (TPSA) is 39.2 Å². The van der Waals surface area contributed by atoms with E-state index in [0.29, 0.717) is 17.7 Å². The molecular formula is C14H10BrNO2. The third kappa shape index (κ3) is 2.04. The van der Waals surface area contributed by atoms with Gasteiger partial charge in [-0.3, -0.25) is 9.78 Å². The number of benzene rings is 1. The number of hydrogen-bond donors (Lipinski definition) is 0. The molecule has 3 nitrogen and oxygen atoms in total. The van der Waals surface area contributed by atoms with Crippen LogP contribution in [0.3, 0.4) is 0 Å². The highest BCUT2D eigenvalue weighted by atomic mass is 79.9. The Bertz CT molecular complexity index is 595. The van der Waals surface area contributed by atoms with Gasteiger partial charge in [0.15, 0.2) is 5.78 Å². The number of Topliss-reactive ketones (excluding diaryl/α,β-unsaturated/α-hetero) is 1. The van der Waals surface area contributed by atoms with Gasteiger partial charge in [-0.15, -0.1) is 0 Å². The van der Waals surface area contributed by atoms with Gasteiger partial charge in [-0.25, -0.2) is 0 Å². The van der Waals surface area contributed by atoms with Crippen LogP contribution in [-0.4, -0.2) is 10.8 Å². The van der Waals surface area contributed by atoms with E-state index < -0.39 is 0 Å². The third-order valence-electron chi connectivity index (χ3n) is 2.91. The summed E-state index contributed by atoms with van der Waals surface area (Å²) in [7, 11) is 0. The predicted molar refractivity (Wildman–Crippen MR) is 70.7 cm³/mol. The van der Waals surface area contributed by atoms with Crippen LogP contribution in [0.15, 0.2) is 47.1 Å². The molecular weight excluding hydrogens is 294 g/mol. The fourth-order valence-electron chi connectivity index (χ4n) is 2.02. The van der Waals surface area contributed by atoms with Crippen molar-refractivity contribution in [1.29, 1.82) is 0 Å². The average molecular weight is 304 g/mol. The number of carbonyl (C=O) groups is 1. The maximum atomic E-state index is 12.0. The van der Waals surface area contributed by atoms with Crippen LogP contribution in [0.4, 0.5) is 0 Å². The monoisotopic (exact) mass is 303 g/mol. The molecule has 1 aromatic carbocycles. The maximum absolute atomic E-state index is 12.0. The van der Waals surface area contributed by atoms with Crippen molar-refractivity contribution in [1.82, 2.24) is 4.98 Å². The summed E-state index contributed by atoms with van der Waals surface area (Å²) >= 11 is 3.34. The Morgan fingerprint density at radius 3 is 2.83 bits per heavy atom. The largest absolute Gasteiger partial charge is 0.483 e. The number of carbonyl (C=O) groups excluding carboxylic acids is 1. The van der Waals surface area contributed by atoms with Gasteiger partial charge in [-0.2, -0.15) is 0 Å². The van der Waals surface area contributed by atoms with E-state index in [4.69, 9.17) is 4.74 Å². The molecule has 2 heterocycles. The number of rotatable bonds is 1. The predicted octanol–water partition coefficient (Wildman–Crippen LogP) is 3.55. The van der Waals surface area contributed by atoms with Gasteiger partial charge in [0, 0.05) is 10.7 Å². The van der Waals surface area contributed by atoms with Gasteiger partial charge in [0.1, 0.15) is 11.9 Å². The van der Waals surface area contributed by atoms with Gasteiger partial charge in [-0.05, 0) is 40.2 Å². The van der Waals surface area contributed by atoms with E-state index in [9.17, 15) is 4.79 Å². The van der Waals surface area contributed by atoms with Crippen LogP contribution in [0.1, 0.15) is 28.6 Å². The second-order valence-corrected chi connectivity index (χ2v) is 5.05. The number of fused-ring (bicyclic) bond motifs is 1. The summed E-state index contributed by atoms with van der Waals surface area (Å²) in [5.74, 6) is 0.745. The highest BCUT2D eigenvalue weighted by Gasteiger charge is 2.27. The minimum Gasteiger partial charge on any atom is -0.483 e. The van der Waals surface area contributed by atoms with Crippen molar-refractivity contribution >= 4 is 21.7 Å². The zero-order valence-electron chi connectivity index (χ0n) is 9.47. The van der Waals surface area contributed by atoms with Crippen molar-refractivity contribution in [2.24, 2.45) is 0 Å². The molecule has 18 heavy (non-hydrogen) atoms. The zero-order chi connectivity index (χ0) is 12.5. The zero-order valence-corrected chi connectivity index (χ0v) is 11.1. The van der Waals surface area contributed by atoms with E-state index in [1.54, 1.807) is 12.3 Å². The number of para-hydroxylation sites is 1. The number of pyridine rings is 1. The summed E-state index contributed by atoms with van der Waals surface area (Å²) in [5, 5.41) is 0. The lowest BCUT2D eigenvalue weighted by atomic mass is 9.99. The number of halogens is 1. The summed E-state index contributed by atoms with van der Waals surface area (Å²) < 4.78 is 6.74. The molecule has 0 spiro atoms. The second-order valence-electron chi connectivity index (χ2n) is 4.13. The lowest BCUT2D eigenvalue weighted by Crippen LogP contribution is -2.20. The van der Waals surface area contributed by atoms with Crippen LogP contribution >= 0.6 is 15.9 Å². The van der Waals surface area contributed by atoms with E-state index in [1.165, 1.54) is 0 Å². The first-order valence-corrected chi connectivity index (χ1v) is 6.43. The molecule has 0 fully saturated rings. The summed E-state index contributed by atoms with van der Waals surface area (Å²) in [6, 6.07) is 11.1. The molecule has 0 amide bonds. The number of aromatic nitrogens is 1. The van der Waals surface area contributed by atoms with Crippen molar-refractivity contribution in [2.45, 2.75) is 12.5 Å². The lowest BCUT2D eigenvalue weighted by Gasteiger charge is -2.24. The van der Waals surface area contributed by atoms with Crippen molar-refractivity contribution < 1.29 is 9.53 Å². The van der Waals surface area contributed by atoms with E-state index in [0.717, 1.165) is 10.2 Å². The molecule has 1 aliphatic heterocycles. The summed E-state index contributed by atoms with van der Waals surface area (Å²) in [6.07, 6.45) is 1.76. The molecule has 0 unspecified atom stereocenters. The Hall–Kier alpha value is -1.68. The SMILES string of the molecule is O=C1C[C@H](c2ccc(Br)cn2)Oc2ccccc21. The molecule has 1 atom stereocenters. The van der Waals surface area contributed by atoms with Gasteiger partial charge < -0.3 is 4.74 Å². The second kappa shape index (κ2) is 4.53. The molecule has 0 aliphatic carbocycles. The third-order valence-corrected chi connectivity index (χ3v) is 3.38. The number of ether oxygens (including phenoxy) is 1. The van der Waals surface area contributed by atoms with E-state index in [2.05, 4.69) is 20.9 Å². The quantitative estimate of drug-likeness (QED) is 0.809. The van der Waals surface area contributed by atoms with Crippen molar-refractivity contribution in [3.63, 3.8) is 0 Å². The molecule has 0 bridgehead atoms. The van der Waals surface area contributed by atoms with Gasteiger partial charge in [0.05, 0.1) is 17.7 Å². The number of nitrogens with zero attached hydrogens (tertiary/aromatic N) is 1. The summed E-state index contributed by atoms with van der Waals surface area (Å²) in [4.78, 5) is 16.3. The molecule has 1 aromatic heterocycles. The van der Waals surface area contributed by atoms with Crippen molar-refractivity contribution in [3.05, 3.63) is 58.3 Å². The highest BCUT2D eigenvalue weighted by molar-refractivity contribution is 9.10. The fourth-order valence-corrected chi connectivity index (χ4v) is 2.25. The summed E-state index contributed by atoms with van der Waals surface area (Å²) in [5.41, 5.74) is 1.44. The molecule has 0 saturated carbocycles. The van der Waals surface area contributed by atoms with Crippen LogP contribution in [0.5, 0.6) is 5.75 Å². The highest BCUT2D eigenvalue weighted by Crippen LogP contribution is 2.33. The van der Waals surface area contributed by atoms with Gasteiger partial charge in [0.25, 0.3) is 0 Å². The molecule has 4 heteroatoms. The minimum absolute atomic E-state index is 0.103. The Balaban J connectivity index is 1.94. The molecule has 2 aromatic rings. The first-order chi connectivity index (χ1) is 8.74. The lowest BCUT2D eigenvalue weighted by molar-refractivity contribution is 0.0845. The smallest absolute Gasteiger partial charge is 0.170 e. The van der Waals surface area contributed by atoms with E-state index >= 15 is 0 Å². The normalized spacial score (nSPS) is 18.1. The maximum Gasteiger partial charge on any atom is 0.170 e. The van der Waals surface area contributed by atoms with Gasteiger partial charge in [0.2, 0.25) is 0 Å². The van der Waals surface area contributed by atoms with Crippen LogP contribution in [0.2, 0.25) is 0 Å². The van der Waals surface area contributed by atoms with E-state index in [1.807, 2.05) is 30.3 Å². The standard InChI is InChI=1S/C14H10BrNO2/c15-9-5-6-11(16-8-9)14-7-12(17)10-3-1-2-4-13(10)18-14/h1-6,8,14H,7H2/t14-/m1/s1. The molecule has 0 N–H and O–H groups in total. The summed E-state index contributed by atoms with van der Waals surface area (Å²) in [6.45, 7) is 0. The Morgan fingerprint density at radius 2 is 2.06 bits per heavy atom. The number of ketones is 1. The molecule has 90 valence electrons. The van der Waals surface area contributed by atoms with Gasteiger partial charge >= 0.3 is 0 Å². The Labute approximate surface area is 113 Å². The fraction of sp³-hybridized carbons (Fsp3) is 0.143. The molecule has 3 rings (SSSR count). The van der Waals surface area contributed by atoms with Crippen molar-refractivity contribution in [3.8, 4) is 5.75 Å². The Morgan fingerprint density at radius 1 is 1.22 bits per heavy atom. The average Bonchev–Trinajstić information content (AvgIpc) is 2.39. The number of hydrogen-bond acceptors (Lipinski definition) is 3. The minimum atomic E-state index is -0.291. The van der Waals surface area contributed by atoms with Crippen LogP contribution in [0, 0.1) is 0 Å². The Kier molecular flexibility index (Phi) is 2.88. The first-order valence-electron chi connectivity index (χ1n) is 5.64. The van der Waals surface area contributed by atoms with Crippen molar-refractivity contribution in [2.75, 3.05) is 0 Å². The molecule has 0 radical (unpaired) electrons.